The highest BCUT2D eigenvalue weighted by Crippen LogP contribution is 2.32. The lowest BCUT2D eigenvalue weighted by Crippen LogP contribution is -2.21. The zero-order valence-corrected chi connectivity index (χ0v) is 12.7. The van der Waals surface area contributed by atoms with Gasteiger partial charge in [0.2, 0.25) is 0 Å². The number of hydrogen-bond acceptors (Lipinski definition) is 3. The van der Waals surface area contributed by atoms with Crippen LogP contribution in [0.2, 0.25) is 0 Å². The van der Waals surface area contributed by atoms with Crippen LogP contribution < -0.4 is 9.64 Å². The fourth-order valence-corrected chi connectivity index (χ4v) is 2.35. The molecule has 0 aliphatic rings. The summed E-state index contributed by atoms with van der Waals surface area (Å²) in [5.41, 5.74) is 2.73. The Bertz CT molecular complexity index is 642. The van der Waals surface area contributed by atoms with Crippen molar-refractivity contribution in [2.24, 2.45) is 0 Å². The van der Waals surface area contributed by atoms with Gasteiger partial charge in [0, 0.05) is 19.7 Å². The first-order valence-corrected chi connectivity index (χ1v) is 6.76. The van der Waals surface area contributed by atoms with E-state index in [4.69, 9.17) is 4.74 Å². The SMILES string of the molecule is C=CCN(C)c1c(C=O)cc(OC)n1-c1ccc(C)cc1. The van der Waals surface area contributed by atoms with Gasteiger partial charge >= 0.3 is 0 Å². The van der Waals surface area contributed by atoms with Crippen LogP contribution in [0.15, 0.2) is 43.0 Å². The molecule has 2 rings (SSSR count). The van der Waals surface area contributed by atoms with Gasteiger partial charge in [-0.2, -0.15) is 0 Å². The Morgan fingerprint density at radius 2 is 2.00 bits per heavy atom. The van der Waals surface area contributed by atoms with E-state index in [1.54, 1.807) is 19.3 Å². The summed E-state index contributed by atoms with van der Waals surface area (Å²) in [4.78, 5) is 13.4. The molecule has 1 heterocycles. The molecule has 0 atom stereocenters. The summed E-state index contributed by atoms with van der Waals surface area (Å²) >= 11 is 0. The fraction of sp³-hybridized carbons (Fsp3) is 0.235. The van der Waals surface area contributed by atoms with Crippen LogP contribution in [0.25, 0.3) is 5.69 Å². The number of aromatic nitrogens is 1. The zero-order chi connectivity index (χ0) is 15.4. The summed E-state index contributed by atoms with van der Waals surface area (Å²) in [5.74, 6) is 1.43. The summed E-state index contributed by atoms with van der Waals surface area (Å²) in [6.45, 7) is 6.43. The smallest absolute Gasteiger partial charge is 0.200 e. The molecule has 0 N–H and O–H groups in total. The molecule has 0 radical (unpaired) electrons. The minimum atomic E-state index is 0.594. The van der Waals surface area contributed by atoms with Gasteiger partial charge in [-0.25, -0.2) is 0 Å². The molecular weight excluding hydrogens is 264 g/mol. The number of aldehydes is 1. The average Bonchev–Trinajstić information content (AvgIpc) is 2.87. The molecule has 4 nitrogen and oxygen atoms in total. The summed E-state index contributed by atoms with van der Waals surface area (Å²) in [6.07, 6.45) is 2.65. The maximum atomic E-state index is 11.4. The lowest BCUT2D eigenvalue weighted by atomic mass is 10.2. The standard InChI is InChI=1S/C17H20N2O2/c1-5-10-18(3)17-14(12-20)11-16(21-4)19(17)15-8-6-13(2)7-9-15/h5-9,11-12H,1,10H2,2-4H3. The van der Waals surface area contributed by atoms with E-state index in [1.807, 2.05) is 47.7 Å². The molecule has 0 unspecified atom stereocenters. The molecular formula is C17H20N2O2. The third kappa shape index (κ3) is 2.84. The molecule has 4 heteroatoms. The molecule has 0 fully saturated rings. The average molecular weight is 284 g/mol. The Morgan fingerprint density at radius 1 is 1.33 bits per heavy atom. The number of carbonyl (C=O) groups excluding carboxylic acids is 1. The van der Waals surface area contributed by atoms with Crippen LogP contribution in [0.5, 0.6) is 5.88 Å². The van der Waals surface area contributed by atoms with Gasteiger partial charge in [0.1, 0.15) is 5.82 Å². The molecule has 1 aromatic heterocycles. The summed E-state index contributed by atoms with van der Waals surface area (Å²) < 4.78 is 7.37. The first-order valence-electron chi connectivity index (χ1n) is 6.76. The van der Waals surface area contributed by atoms with Gasteiger partial charge in [-0.05, 0) is 19.1 Å². The Kier molecular flexibility index (Phi) is 4.48. The molecule has 0 bridgehead atoms. The number of nitrogens with zero attached hydrogens (tertiary/aromatic N) is 2. The molecule has 0 aliphatic heterocycles. The highest BCUT2D eigenvalue weighted by atomic mass is 16.5. The number of carbonyl (C=O) groups is 1. The van der Waals surface area contributed by atoms with Crippen LogP contribution in [0.3, 0.4) is 0 Å². The van der Waals surface area contributed by atoms with E-state index in [1.165, 1.54) is 5.56 Å². The number of hydrogen-bond donors (Lipinski definition) is 0. The highest BCUT2D eigenvalue weighted by molar-refractivity contribution is 5.86. The predicted octanol–water partition coefficient (Wildman–Crippen LogP) is 3.23. The van der Waals surface area contributed by atoms with Crippen molar-refractivity contribution in [3.05, 3.63) is 54.1 Å². The van der Waals surface area contributed by atoms with E-state index in [2.05, 4.69) is 6.58 Å². The Morgan fingerprint density at radius 3 is 2.52 bits per heavy atom. The van der Waals surface area contributed by atoms with Crippen LogP contribution >= 0.6 is 0 Å². The third-order valence-corrected chi connectivity index (χ3v) is 3.36. The monoisotopic (exact) mass is 284 g/mol. The van der Waals surface area contributed by atoms with Gasteiger partial charge in [0.25, 0.3) is 0 Å². The van der Waals surface area contributed by atoms with Crippen molar-refractivity contribution in [2.45, 2.75) is 6.92 Å². The summed E-state index contributed by atoms with van der Waals surface area (Å²) in [7, 11) is 3.53. The van der Waals surface area contributed by atoms with Crippen molar-refractivity contribution in [3.8, 4) is 11.6 Å². The molecule has 21 heavy (non-hydrogen) atoms. The molecule has 0 saturated heterocycles. The molecule has 0 spiro atoms. The number of aryl methyl sites for hydroxylation is 1. The van der Waals surface area contributed by atoms with Crippen molar-refractivity contribution >= 4 is 12.1 Å². The van der Waals surface area contributed by atoms with Gasteiger partial charge in [0.15, 0.2) is 12.2 Å². The van der Waals surface area contributed by atoms with Crippen molar-refractivity contribution in [1.29, 1.82) is 0 Å². The number of ether oxygens (including phenoxy) is 1. The summed E-state index contributed by atoms with van der Waals surface area (Å²) in [5, 5.41) is 0. The maximum absolute atomic E-state index is 11.4. The minimum absolute atomic E-state index is 0.594. The van der Waals surface area contributed by atoms with Crippen molar-refractivity contribution in [1.82, 2.24) is 4.57 Å². The largest absolute Gasteiger partial charge is 0.482 e. The lowest BCUT2D eigenvalue weighted by molar-refractivity contribution is 0.112. The number of rotatable bonds is 6. The van der Waals surface area contributed by atoms with Crippen LogP contribution in [-0.4, -0.2) is 31.6 Å². The number of benzene rings is 1. The van der Waals surface area contributed by atoms with Crippen LogP contribution in [0.4, 0.5) is 5.82 Å². The van der Waals surface area contributed by atoms with E-state index in [-0.39, 0.29) is 0 Å². The molecule has 0 amide bonds. The first-order chi connectivity index (χ1) is 10.1. The van der Waals surface area contributed by atoms with Crippen LogP contribution in [-0.2, 0) is 0 Å². The van der Waals surface area contributed by atoms with Gasteiger partial charge in [-0.3, -0.25) is 9.36 Å². The van der Waals surface area contributed by atoms with Crippen LogP contribution in [0.1, 0.15) is 15.9 Å². The normalized spacial score (nSPS) is 10.2. The number of likely N-dealkylation sites (N-methyl/N-ethyl adjacent to an activating group) is 1. The second-order valence-electron chi connectivity index (χ2n) is 4.92. The second kappa shape index (κ2) is 6.31. The van der Waals surface area contributed by atoms with Gasteiger partial charge in [-0.15, -0.1) is 6.58 Å². The zero-order valence-electron chi connectivity index (χ0n) is 12.7. The first kappa shape index (κ1) is 14.9. The fourth-order valence-electron chi connectivity index (χ4n) is 2.35. The Labute approximate surface area is 125 Å². The minimum Gasteiger partial charge on any atom is -0.482 e. The second-order valence-corrected chi connectivity index (χ2v) is 4.92. The number of methoxy groups -OCH3 is 1. The Hall–Kier alpha value is -2.49. The van der Waals surface area contributed by atoms with Crippen molar-refractivity contribution < 1.29 is 9.53 Å². The molecule has 0 saturated carbocycles. The number of anilines is 1. The Balaban J connectivity index is 2.66. The van der Waals surface area contributed by atoms with Gasteiger partial charge in [0.05, 0.1) is 18.4 Å². The van der Waals surface area contributed by atoms with E-state index >= 15 is 0 Å². The molecule has 2 aromatic rings. The van der Waals surface area contributed by atoms with E-state index in [9.17, 15) is 4.79 Å². The van der Waals surface area contributed by atoms with E-state index in [0.717, 1.165) is 17.8 Å². The topological polar surface area (TPSA) is 34.5 Å². The molecule has 1 aromatic carbocycles. The van der Waals surface area contributed by atoms with E-state index < -0.39 is 0 Å². The highest BCUT2D eigenvalue weighted by Gasteiger charge is 2.19. The van der Waals surface area contributed by atoms with Gasteiger partial charge < -0.3 is 9.64 Å². The lowest BCUT2D eigenvalue weighted by Gasteiger charge is -2.21. The van der Waals surface area contributed by atoms with E-state index in [0.29, 0.717) is 18.0 Å². The molecule has 0 aliphatic carbocycles. The molecule has 110 valence electrons. The summed E-state index contributed by atoms with van der Waals surface area (Å²) in [6, 6.07) is 9.84. The van der Waals surface area contributed by atoms with Crippen molar-refractivity contribution in [2.75, 3.05) is 25.6 Å². The quantitative estimate of drug-likeness (QED) is 0.603. The predicted molar refractivity (Wildman–Crippen MR) is 85.9 cm³/mol. The van der Waals surface area contributed by atoms with Gasteiger partial charge in [-0.1, -0.05) is 23.8 Å². The third-order valence-electron chi connectivity index (χ3n) is 3.36. The van der Waals surface area contributed by atoms with Crippen molar-refractivity contribution in [3.63, 3.8) is 0 Å². The maximum Gasteiger partial charge on any atom is 0.200 e. The van der Waals surface area contributed by atoms with Crippen LogP contribution in [0, 0.1) is 6.92 Å².